The van der Waals surface area contributed by atoms with Gasteiger partial charge < -0.3 is 9.84 Å². The molecule has 5 nitrogen and oxygen atoms in total. The highest BCUT2D eigenvalue weighted by molar-refractivity contribution is 6.28. The van der Waals surface area contributed by atoms with Gasteiger partial charge in [-0.05, 0) is 37.6 Å². The smallest absolute Gasteiger partial charge is 0.322 e. The molecule has 0 spiro atoms. The Kier molecular flexibility index (Phi) is 3.98. The molecule has 0 bridgehead atoms. The van der Waals surface area contributed by atoms with Crippen molar-refractivity contribution >= 4 is 23.5 Å². The first-order valence-electron chi connectivity index (χ1n) is 6.29. The SMILES string of the molecule is CCOC(=O)C1C(=O)/C(=C/c2ccc(O)cc2)N=C1C. The van der Waals surface area contributed by atoms with Gasteiger partial charge in [-0.25, -0.2) is 0 Å². The molecule has 5 heteroatoms. The Bertz CT molecular complexity index is 599. The molecule has 1 aliphatic rings. The number of ether oxygens (including phenoxy) is 1. The quantitative estimate of drug-likeness (QED) is 0.519. The lowest BCUT2D eigenvalue weighted by Gasteiger charge is -2.07. The predicted molar refractivity (Wildman–Crippen MR) is 74.3 cm³/mol. The lowest BCUT2D eigenvalue weighted by atomic mass is 10.0. The maximum atomic E-state index is 12.2. The number of allylic oxidation sites excluding steroid dienone is 1. The van der Waals surface area contributed by atoms with Gasteiger partial charge in [0.25, 0.3) is 0 Å². The summed E-state index contributed by atoms with van der Waals surface area (Å²) in [6, 6.07) is 6.37. The average molecular weight is 273 g/mol. The summed E-state index contributed by atoms with van der Waals surface area (Å²) < 4.78 is 4.88. The van der Waals surface area contributed by atoms with Crippen LogP contribution in [0, 0.1) is 5.92 Å². The lowest BCUT2D eigenvalue weighted by Crippen LogP contribution is -2.28. The van der Waals surface area contributed by atoms with E-state index in [0.717, 1.165) is 5.56 Å². The number of aromatic hydroxyl groups is 1. The highest BCUT2D eigenvalue weighted by Gasteiger charge is 2.37. The molecular formula is C15H15NO4. The number of aliphatic imine (C=N–C) groups is 1. The van der Waals surface area contributed by atoms with E-state index in [1.54, 1.807) is 32.1 Å². The highest BCUT2D eigenvalue weighted by atomic mass is 16.5. The van der Waals surface area contributed by atoms with E-state index >= 15 is 0 Å². The number of hydrogen-bond acceptors (Lipinski definition) is 5. The van der Waals surface area contributed by atoms with E-state index in [1.807, 2.05) is 0 Å². The number of hydrogen-bond donors (Lipinski definition) is 1. The van der Waals surface area contributed by atoms with Gasteiger partial charge in [-0.3, -0.25) is 14.6 Å². The first-order chi connectivity index (χ1) is 9.52. The summed E-state index contributed by atoms with van der Waals surface area (Å²) in [5.74, 6) is -1.70. The number of Topliss-reactive ketones (excluding diaryl/α,β-unsaturated/α-hetero) is 1. The van der Waals surface area contributed by atoms with Crippen LogP contribution >= 0.6 is 0 Å². The van der Waals surface area contributed by atoms with Crippen LogP contribution in [0.2, 0.25) is 0 Å². The molecule has 0 radical (unpaired) electrons. The van der Waals surface area contributed by atoms with Gasteiger partial charge in [0.05, 0.1) is 6.61 Å². The van der Waals surface area contributed by atoms with Crippen molar-refractivity contribution in [2.45, 2.75) is 13.8 Å². The second-order valence-electron chi connectivity index (χ2n) is 4.42. The third-order valence-corrected chi connectivity index (χ3v) is 2.95. The normalized spacial score (nSPS) is 20.1. The second-order valence-corrected chi connectivity index (χ2v) is 4.42. The monoisotopic (exact) mass is 273 g/mol. The molecule has 20 heavy (non-hydrogen) atoms. The first-order valence-corrected chi connectivity index (χ1v) is 6.29. The molecule has 0 saturated carbocycles. The van der Waals surface area contributed by atoms with Gasteiger partial charge in [-0.15, -0.1) is 0 Å². The van der Waals surface area contributed by atoms with Gasteiger partial charge in [-0.2, -0.15) is 0 Å². The molecule has 2 rings (SSSR count). The molecule has 1 aromatic carbocycles. The molecule has 1 atom stereocenters. The minimum absolute atomic E-state index is 0.147. The predicted octanol–water partition coefficient (Wildman–Crippen LogP) is 1.96. The number of carbonyl (C=O) groups is 2. The number of carbonyl (C=O) groups excluding carboxylic acids is 2. The molecule has 1 N–H and O–H groups in total. The van der Waals surface area contributed by atoms with Crippen LogP contribution in [0.4, 0.5) is 0 Å². The molecular weight excluding hydrogens is 258 g/mol. The van der Waals surface area contributed by atoms with Gasteiger partial charge in [0.15, 0.2) is 5.92 Å². The summed E-state index contributed by atoms with van der Waals surface area (Å²) in [5.41, 5.74) is 1.40. The van der Waals surface area contributed by atoms with Gasteiger partial charge in [0.2, 0.25) is 5.78 Å². The summed E-state index contributed by atoms with van der Waals surface area (Å²) in [7, 11) is 0. The third kappa shape index (κ3) is 2.77. The van der Waals surface area contributed by atoms with Gasteiger partial charge in [-0.1, -0.05) is 12.1 Å². The fraction of sp³-hybridized carbons (Fsp3) is 0.267. The van der Waals surface area contributed by atoms with E-state index in [-0.39, 0.29) is 23.8 Å². The fourth-order valence-corrected chi connectivity index (χ4v) is 1.98. The number of ketones is 1. The van der Waals surface area contributed by atoms with Crippen LogP contribution in [0.5, 0.6) is 5.75 Å². The van der Waals surface area contributed by atoms with Crippen LogP contribution in [0.1, 0.15) is 19.4 Å². The van der Waals surface area contributed by atoms with Crippen molar-refractivity contribution in [1.82, 2.24) is 0 Å². The number of benzene rings is 1. The molecule has 1 aliphatic heterocycles. The van der Waals surface area contributed by atoms with Crippen LogP contribution < -0.4 is 0 Å². The maximum absolute atomic E-state index is 12.2. The largest absolute Gasteiger partial charge is 0.508 e. The van der Waals surface area contributed by atoms with E-state index in [9.17, 15) is 14.7 Å². The van der Waals surface area contributed by atoms with Crippen LogP contribution in [-0.2, 0) is 14.3 Å². The Morgan fingerprint density at radius 2 is 2.05 bits per heavy atom. The van der Waals surface area contributed by atoms with Crippen LogP contribution in [0.25, 0.3) is 6.08 Å². The zero-order valence-corrected chi connectivity index (χ0v) is 11.3. The molecule has 0 amide bonds. The zero-order chi connectivity index (χ0) is 14.7. The number of nitrogens with zero attached hydrogens (tertiary/aromatic N) is 1. The van der Waals surface area contributed by atoms with Crippen molar-refractivity contribution in [3.8, 4) is 5.75 Å². The second kappa shape index (κ2) is 5.69. The highest BCUT2D eigenvalue weighted by Crippen LogP contribution is 2.24. The summed E-state index contributed by atoms with van der Waals surface area (Å²) in [4.78, 5) is 28.0. The molecule has 0 fully saturated rings. The molecule has 1 aromatic rings. The Hall–Kier alpha value is -2.43. The summed E-state index contributed by atoms with van der Waals surface area (Å²) in [5, 5.41) is 9.21. The average Bonchev–Trinajstić information content (AvgIpc) is 2.67. The van der Waals surface area contributed by atoms with Gasteiger partial charge in [0.1, 0.15) is 11.4 Å². The van der Waals surface area contributed by atoms with Crippen molar-refractivity contribution in [2.24, 2.45) is 10.9 Å². The Balaban J connectivity index is 2.25. The Morgan fingerprint density at radius 3 is 2.65 bits per heavy atom. The van der Waals surface area contributed by atoms with Gasteiger partial charge >= 0.3 is 5.97 Å². The van der Waals surface area contributed by atoms with E-state index < -0.39 is 11.9 Å². The van der Waals surface area contributed by atoms with Crippen molar-refractivity contribution in [3.05, 3.63) is 35.5 Å². The summed E-state index contributed by atoms with van der Waals surface area (Å²) in [6.07, 6.45) is 1.59. The number of esters is 1. The molecule has 104 valence electrons. The van der Waals surface area contributed by atoms with E-state index in [2.05, 4.69) is 4.99 Å². The van der Waals surface area contributed by atoms with Crippen molar-refractivity contribution in [3.63, 3.8) is 0 Å². The molecule has 0 aliphatic carbocycles. The van der Waals surface area contributed by atoms with E-state index in [1.165, 1.54) is 12.1 Å². The molecule has 1 unspecified atom stereocenters. The maximum Gasteiger partial charge on any atom is 0.322 e. The molecule has 0 aromatic heterocycles. The lowest BCUT2D eigenvalue weighted by molar-refractivity contribution is -0.147. The molecule has 0 saturated heterocycles. The standard InChI is InChI=1S/C15H15NO4/c1-3-20-15(19)13-9(2)16-12(14(13)18)8-10-4-6-11(17)7-5-10/h4-8,13,17H,3H2,1-2H3/b12-8-. The topological polar surface area (TPSA) is 76.0 Å². The number of phenolic OH excluding ortho intramolecular Hbond substituents is 1. The van der Waals surface area contributed by atoms with Crippen molar-refractivity contribution in [2.75, 3.05) is 6.61 Å². The zero-order valence-electron chi connectivity index (χ0n) is 11.3. The Morgan fingerprint density at radius 1 is 1.40 bits per heavy atom. The number of rotatable bonds is 3. The van der Waals surface area contributed by atoms with Gasteiger partial charge in [0, 0.05) is 5.71 Å². The Labute approximate surface area is 116 Å². The fourth-order valence-electron chi connectivity index (χ4n) is 1.98. The van der Waals surface area contributed by atoms with Crippen LogP contribution in [0.3, 0.4) is 0 Å². The molecule has 1 heterocycles. The van der Waals surface area contributed by atoms with Crippen molar-refractivity contribution in [1.29, 1.82) is 0 Å². The third-order valence-electron chi connectivity index (χ3n) is 2.95. The van der Waals surface area contributed by atoms with Crippen molar-refractivity contribution < 1.29 is 19.4 Å². The van der Waals surface area contributed by atoms with E-state index in [4.69, 9.17) is 4.74 Å². The first kappa shape index (κ1) is 14.0. The minimum Gasteiger partial charge on any atom is -0.508 e. The summed E-state index contributed by atoms with van der Waals surface area (Å²) >= 11 is 0. The summed E-state index contributed by atoms with van der Waals surface area (Å²) in [6.45, 7) is 3.56. The van der Waals surface area contributed by atoms with Crippen LogP contribution in [-0.4, -0.2) is 29.2 Å². The minimum atomic E-state index is -0.932. The van der Waals surface area contributed by atoms with Crippen LogP contribution in [0.15, 0.2) is 35.0 Å². The number of phenols is 1. The van der Waals surface area contributed by atoms with E-state index in [0.29, 0.717) is 5.71 Å².